The number of rotatable bonds is 2. The van der Waals surface area contributed by atoms with Crippen molar-refractivity contribution >= 4 is 5.69 Å². The van der Waals surface area contributed by atoms with Crippen LogP contribution in [0.4, 0.5) is 5.69 Å². The maximum absolute atomic E-state index is 12.1. The molecule has 1 aromatic heterocycles. The molecule has 2 heterocycles. The second kappa shape index (κ2) is 5.27. The second-order valence-corrected chi connectivity index (χ2v) is 4.72. The van der Waals surface area contributed by atoms with Crippen LogP contribution in [0.25, 0.3) is 0 Å². The third-order valence-electron chi connectivity index (χ3n) is 3.46. The van der Waals surface area contributed by atoms with Crippen LogP contribution in [0, 0.1) is 21.4 Å². The maximum Gasteiger partial charge on any atom is 0.269 e. The van der Waals surface area contributed by atoms with Gasteiger partial charge in [-0.05, 0) is 5.56 Å². The summed E-state index contributed by atoms with van der Waals surface area (Å²) in [5.41, 5.74) is 5.84. The molecule has 1 aliphatic heterocycles. The number of ether oxygens (including phenoxy) is 1. The van der Waals surface area contributed by atoms with E-state index in [4.69, 9.17) is 10.5 Å². The van der Waals surface area contributed by atoms with Crippen LogP contribution >= 0.6 is 0 Å². The second-order valence-electron chi connectivity index (χ2n) is 4.72. The standard InChI is InChI=1S/C14H9N5O4/c15-5-9-10(7-1-3-8(4-2-7)19(21)22)11-13(20)17-6-18-14(11)23-12(9)16/h1-4,6,10H,16H2,(H,17,18,20)/t10-/m0/s1. The monoisotopic (exact) mass is 311 g/mol. The number of benzene rings is 1. The van der Waals surface area contributed by atoms with E-state index in [2.05, 4.69) is 9.97 Å². The van der Waals surface area contributed by atoms with Crippen molar-refractivity contribution < 1.29 is 9.66 Å². The molecule has 0 fully saturated rings. The quantitative estimate of drug-likeness (QED) is 0.618. The number of nitrogens with one attached hydrogen (secondary N) is 1. The zero-order valence-electron chi connectivity index (χ0n) is 11.5. The van der Waals surface area contributed by atoms with Gasteiger partial charge in [-0.25, -0.2) is 4.98 Å². The Labute approximate surface area is 128 Å². The van der Waals surface area contributed by atoms with E-state index in [1.165, 1.54) is 30.6 Å². The van der Waals surface area contributed by atoms with E-state index < -0.39 is 16.4 Å². The van der Waals surface area contributed by atoms with Crippen LogP contribution in [-0.2, 0) is 0 Å². The minimum atomic E-state index is -0.804. The molecule has 9 heteroatoms. The van der Waals surface area contributed by atoms with Gasteiger partial charge in [0.1, 0.15) is 11.6 Å². The van der Waals surface area contributed by atoms with E-state index in [0.29, 0.717) is 5.56 Å². The predicted molar refractivity (Wildman–Crippen MR) is 77.3 cm³/mol. The Hall–Kier alpha value is -3.67. The lowest BCUT2D eigenvalue weighted by molar-refractivity contribution is -0.384. The number of aromatic amines is 1. The van der Waals surface area contributed by atoms with Gasteiger partial charge in [0, 0.05) is 12.1 Å². The first-order valence-corrected chi connectivity index (χ1v) is 6.42. The number of non-ortho nitro benzene ring substituents is 1. The SMILES string of the molecule is N#CC1=C(N)Oc2nc[nH]c(=O)c2[C@H]1c1ccc([N+](=O)[O-])cc1. The summed E-state index contributed by atoms with van der Waals surface area (Å²) in [6.07, 6.45) is 1.17. The van der Waals surface area contributed by atoms with Crippen molar-refractivity contribution in [3.8, 4) is 11.9 Å². The van der Waals surface area contributed by atoms with E-state index in [1.54, 1.807) is 0 Å². The summed E-state index contributed by atoms with van der Waals surface area (Å²) >= 11 is 0. The fourth-order valence-corrected chi connectivity index (χ4v) is 2.42. The van der Waals surface area contributed by atoms with E-state index in [1.807, 2.05) is 6.07 Å². The molecule has 0 bridgehead atoms. The minimum absolute atomic E-state index is 0.00797. The molecular formula is C14H9N5O4. The highest BCUT2D eigenvalue weighted by Crippen LogP contribution is 2.38. The molecule has 0 saturated carbocycles. The van der Waals surface area contributed by atoms with Crippen LogP contribution in [0.1, 0.15) is 17.0 Å². The number of allylic oxidation sites excluding steroid dienone is 1. The third-order valence-corrected chi connectivity index (χ3v) is 3.46. The minimum Gasteiger partial charge on any atom is -0.422 e. The number of nitrogens with two attached hydrogens (primary N) is 1. The highest BCUT2D eigenvalue weighted by atomic mass is 16.6. The number of nitro benzene ring substituents is 1. The predicted octanol–water partition coefficient (Wildman–Crippen LogP) is 0.896. The Balaban J connectivity index is 2.22. The summed E-state index contributed by atoms with van der Waals surface area (Å²) in [7, 11) is 0. The normalized spacial score (nSPS) is 16.2. The fraction of sp³-hybridized carbons (Fsp3) is 0.0714. The van der Waals surface area contributed by atoms with Gasteiger partial charge in [-0.15, -0.1) is 0 Å². The van der Waals surface area contributed by atoms with Crippen molar-refractivity contribution in [2.24, 2.45) is 5.73 Å². The summed E-state index contributed by atoms with van der Waals surface area (Å²) in [5, 5.41) is 20.1. The Kier molecular flexibility index (Phi) is 3.27. The van der Waals surface area contributed by atoms with Crippen LogP contribution in [0.2, 0.25) is 0 Å². The zero-order valence-corrected chi connectivity index (χ0v) is 11.5. The third kappa shape index (κ3) is 2.28. The molecule has 1 aliphatic rings. The van der Waals surface area contributed by atoms with Crippen LogP contribution < -0.4 is 16.0 Å². The molecular weight excluding hydrogens is 302 g/mol. The molecule has 0 unspecified atom stereocenters. The highest BCUT2D eigenvalue weighted by molar-refractivity contribution is 5.53. The molecule has 1 atom stereocenters. The van der Waals surface area contributed by atoms with Crippen molar-refractivity contribution in [1.82, 2.24) is 9.97 Å². The Morgan fingerprint density at radius 1 is 1.39 bits per heavy atom. The lowest BCUT2D eigenvalue weighted by Gasteiger charge is -2.24. The number of fused-ring (bicyclic) bond motifs is 1. The van der Waals surface area contributed by atoms with Gasteiger partial charge in [0.2, 0.25) is 11.8 Å². The highest BCUT2D eigenvalue weighted by Gasteiger charge is 2.34. The first kappa shape index (κ1) is 14.3. The van der Waals surface area contributed by atoms with Crippen LogP contribution in [0.15, 0.2) is 46.8 Å². The number of nitrogens with zero attached hydrogens (tertiary/aromatic N) is 3. The van der Waals surface area contributed by atoms with Crippen LogP contribution in [0.5, 0.6) is 5.88 Å². The van der Waals surface area contributed by atoms with Gasteiger partial charge >= 0.3 is 0 Å². The van der Waals surface area contributed by atoms with Crippen molar-refractivity contribution in [3.05, 3.63) is 73.6 Å². The zero-order chi connectivity index (χ0) is 16.6. The Bertz CT molecular complexity index is 923. The van der Waals surface area contributed by atoms with Gasteiger partial charge in [-0.1, -0.05) is 12.1 Å². The molecule has 3 rings (SSSR count). The molecule has 1 aromatic carbocycles. The van der Waals surface area contributed by atoms with Gasteiger partial charge < -0.3 is 15.5 Å². The molecule has 0 spiro atoms. The van der Waals surface area contributed by atoms with Gasteiger partial charge in [0.15, 0.2) is 0 Å². The maximum atomic E-state index is 12.1. The van der Waals surface area contributed by atoms with E-state index >= 15 is 0 Å². The van der Waals surface area contributed by atoms with Crippen molar-refractivity contribution in [3.63, 3.8) is 0 Å². The molecule has 0 radical (unpaired) electrons. The molecule has 2 aromatic rings. The summed E-state index contributed by atoms with van der Waals surface area (Å²) < 4.78 is 5.23. The summed E-state index contributed by atoms with van der Waals surface area (Å²) in [6.45, 7) is 0. The molecule has 0 aliphatic carbocycles. The average Bonchev–Trinajstić information content (AvgIpc) is 2.54. The Morgan fingerprint density at radius 2 is 2.09 bits per heavy atom. The topological polar surface area (TPSA) is 148 Å². The largest absolute Gasteiger partial charge is 0.422 e. The number of hydrogen-bond acceptors (Lipinski definition) is 7. The van der Waals surface area contributed by atoms with Gasteiger partial charge in [-0.2, -0.15) is 5.26 Å². The van der Waals surface area contributed by atoms with Crippen molar-refractivity contribution in [1.29, 1.82) is 5.26 Å². The van der Waals surface area contributed by atoms with Gasteiger partial charge in [-0.3, -0.25) is 14.9 Å². The number of hydrogen-bond donors (Lipinski definition) is 2. The van der Waals surface area contributed by atoms with E-state index in [9.17, 15) is 20.2 Å². The van der Waals surface area contributed by atoms with Crippen molar-refractivity contribution in [2.75, 3.05) is 0 Å². The first-order chi connectivity index (χ1) is 11.0. The van der Waals surface area contributed by atoms with Crippen LogP contribution in [0.3, 0.4) is 0 Å². The smallest absolute Gasteiger partial charge is 0.269 e. The molecule has 3 N–H and O–H groups in total. The molecule has 0 amide bonds. The molecule has 114 valence electrons. The van der Waals surface area contributed by atoms with E-state index in [0.717, 1.165) is 0 Å². The fourth-order valence-electron chi connectivity index (χ4n) is 2.42. The summed E-state index contributed by atoms with van der Waals surface area (Å²) in [5.74, 6) is -0.947. The number of aromatic nitrogens is 2. The summed E-state index contributed by atoms with van der Waals surface area (Å²) in [6, 6.07) is 7.44. The number of nitriles is 1. The van der Waals surface area contributed by atoms with Gasteiger partial charge in [0.05, 0.1) is 22.7 Å². The summed E-state index contributed by atoms with van der Waals surface area (Å²) in [4.78, 5) is 28.7. The lowest BCUT2D eigenvalue weighted by Crippen LogP contribution is -2.28. The number of nitro groups is 1. The Morgan fingerprint density at radius 3 is 2.70 bits per heavy atom. The number of H-pyrrole nitrogens is 1. The molecule has 9 nitrogen and oxygen atoms in total. The molecule has 0 saturated heterocycles. The molecule has 23 heavy (non-hydrogen) atoms. The van der Waals surface area contributed by atoms with Gasteiger partial charge in [0.25, 0.3) is 11.2 Å². The lowest BCUT2D eigenvalue weighted by atomic mass is 9.85. The van der Waals surface area contributed by atoms with Crippen LogP contribution in [-0.4, -0.2) is 14.9 Å². The van der Waals surface area contributed by atoms with E-state index in [-0.39, 0.29) is 28.6 Å². The average molecular weight is 311 g/mol. The first-order valence-electron chi connectivity index (χ1n) is 6.42. The van der Waals surface area contributed by atoms with Crippen molar-refractivity contribution in [2.45, 2.75) is 5.92 Å².